The van der Waals surface area contributed by atoms with Gasteiger partial charge in [-0.05, 0) is 103 Å². The molecule has 1 fully saturated rings. The van der Waals surface area contributed by atoms with Crippen LogP contribution in [0.3, 0.4) is 0 Å². The molecule has 1 N–H and O–H groups in total. The van der Waals surface area contributed by atoms with Crippen LogP contribution in [0.2, 0.25) is 0 Å². The number of fused-ring (bicyclic) bond motifs is 1. The molecule has 0 spiro atoms. The second-order valence-corrected chi connectivity index (χ2v) is 13.2. The Labute approximate surface area is 252 Å². The molecule has 3 atom stereocenters. The number of ketones is 1. The van der Waals surface area contributed by atoms with Crippen LogP contribution in [0.5, 0.6) is 0 Å². The molecule has 1 heterocycles. The van der Waals surface area contributed by atoms with Gasteiger partial charge < -0.3 is 15.0 Å². The summed E-state index contributed by atoms with van der Waals surface area (Å²) in [5, 5.41) is 2.17. The fraction of sp³-hybridized carbons (Fsp3) is 0.529. The number of aryl methyl sites for hydroxylation is 1. The van der Waals surface area contributed by atoms with Gasteiger partial charge in [-0.2, -0.15) is 8.78 Å². The van der Waals surface area contributed by atoms with Gasteiger partial charge in [0.25, 0.3) is 5.91 Å². The third kappa shape index (κ3) is 8.66. The van der Waals surface area contributed by atoms with Gasteiger partial charge >= 0.3 is 5.25 Å². The lowest BCUT2D eigenvalue weighted by atomic mass is 9.78. The Kier molecular flexibility index (Phi) is 11.2. The first kappa shape index (κ1) is 32.2. The van der Waals surface area contributed by atoms with E-state index in [4.69, 9.17) is 4.74 Å². The number of benzene rings is 1. The van der Waals surface area contributed by atoms with E-state index in [1.807, 2.05) is 13.0 Å². The number of carbonyl (C=O) groups excluding carboxylic acids is 2. The summed E-state index contributed by atoms with van der Waals surface area (Å²) in [6, 6.07) is 4.45. The Hall–Kier alpha value is -2.71. The molecule has 0 aromatic heterocycles. The third-order valence-corrected chi connectivity index (χ3v) is 9.67. The number of halogens is 2. The number of allylic oxidation sites excluding steroid dienone is 4. The maximum atomic E-state index is 13.6. The van der Waals surface area contributed by atoms with Crippen LogP contribution < -0.4 is 15.8 Å². The highest BCUT2D eigenvalue weighted by Gasteiger charge is 2.30. The lowest BCUT2D eigenvalue weighted by molar-refractivity contribution is -0.117. The van der Waals surface area contributed by atoms with E-state index in [1.54, 1.807) is 19.3 Å². The SMILES string of the molecule is C=CC(F)(F)SC1=CC=C(C(=O)CC2CCCC(CN3C=c4cc(C(=O)NCCOC)c(C)cc4=CCC3C)C2)CC1. The average molecular weight is 599 g/mol. The van der Waals surface area contributed by atoms with Crippen LogP contribution in [-0.4, -0.2) is 54.7 Å². The Bertz CT molecular complexity index is 1350. The second-order valence-electron chi connectivity index (χ2n) is 11.9. The molecule has 5 nitrogen and oxygen atoms in total. The number of alkyl halides is 2. The minimum atomic E-state index is -2.99. The maximum Gasteiger partial charge on any atom is 0.316 e. The van der Waals surface area contributed by atoms with Crippen LogP contribution >= 0.6 is 11.8 Å². The molecule has 1 aromatic rings. The Morgan fingerprint density at radius 3 is 2.69 bits per heavy atom. The molecule has 2 aliphatic carbocycles. The van der Waals surface area contributed by atoms with E-state index in [-0.39, 0.29) is 11.7 Å². The molecule has 4 rings (SSSR count). The van der Waals surface area contributed by atoms with Gasteiger partial charge in [0.2, 0.25) is 0 Å². The van der Waals surface area contributed by atoms with Crippen LogP contribution in [0.4, 0.5) is 8.78 Å². The highest BCUT2D eigenvalue weighted by atomic mass is 32.2. The second kappa shape index (κ2) is 14.6. The summed E-state index contributed by atoms with van der Waals surface area (Å²) >= 11 is 0.513. The smallest absolute Gasteiger partial charge is 0.316 e. The molecule has 1 saturated carbocycles. The summed E-state index contributed by atoms with van der Waals surface area (Å²) in [5.41, 5.74) is 2.40. The van der Waals surface area contributed by atoms with Gasteiger partial charge in [0, 0.05) is 44.4 Å². The summed E-state index contributed by atoms with van der Waals surface area (Å²) in [6.07, 6.45) is 15.3. The first-order valence-corrected chi connectivity index (χ1v) is 15.9. The number of Topliss-reactive ketones (excluding diaryl/α,β-unsaturated/α-hetero) is 1. The number of thioether (sulfide) groups is 1. The summed E-state index contributed by atoms with van der Waals surface area (Å²) in [4.78, 5) is 28.9. The van der Waals surface area contributed by atoms with Gasteiger partial charge in [-0.3, -0.25) is 9.59 Å². The number of hydrogen-bond acceptors (Lipinski definition) is 5. The number of rotatable bonds is 12. The number of ether oxygens (including phenoxy) is 1. The number of amides is 1. The number of hydrogen-bond donors (Lipinski definition) is 1. The molecule has 42 heavy (non-hydrogen) atoms. The van der Waals surface area contributed by atoms with Crippen molar-refractivity contribution in [3.05, 3.63) is 69.0 Å². The summed E-state index contributed by atoms with van der Waals surface area (Å²) in [6.45, 7) is 9.29. The highest BCUT2D eigenvalue weighted by Crippen LogP contribution is 2.40. The average Bonchev–Trinajstić information content (AvgIpc) is 3.11. The molecular weight excluding hydrogens is 554 g/mol. The fourth-order valence-electron chi connectivity index (χ4n) is 6.21. The first-order chi connectivity index (χ1) is 20.1. The number of nitrogens with zero attached hydrogens (tertiary/aromatic N) is 1. The van der Waals surface area contributed by atoms with Crippen molar-refractivity contribution < 1.29 is 23.1 Å². The predicted octanol–water partition coefficient (Wildman–Crippen LogP) is 5.87. The molecule has 8 heteroatoms. The molecule has 0 bridgehead atoms. The number of methoxy groups -OCH3 is 1. The van der Waals surface area contributed by atoms with E-state index < -0.39 is 5.25 Å². The largest absolute Gasteiger partial charge is 0.383 e. The van der Waals surface area contributed by atoms with E-state index in [0.29, 0.717) is 78.6 Å². The zero-order valence-corrected chi connectivity index (χ0v) is 25.9. The maximum absolute atomic E-state index is 13.6. The quantitative estimate of drug-likeness (QED) is 0.241. The Balaban J connectivity index is 1.40. The van der Waals surface area contributed by atoms with Crippen molar-refractivity contribution in [2.75, 3.05) is 26.8 Å². The van der Waals surface area contributed by atoms with Crippen LogP contribution in [0.25, 0.3) is 12.3 Å². The monoisotopic (exact) mass is 598 g/mol. The fourth-order valence-corrected chi connectivity index (χ4v) is 6.98. The summed E-state index contributed by atoms with van der Waals surface area (Å²) in [7, 11) is 1.62. The summed E-state index contributed by atoms with van der Waals surface area (Å²) in [5.74, 6) is 0.899. The standard InChI is InChI=1S/C34H44F2N2O3S/c1-5-34(35,36)42-30-13-11-27(12-14-30)32(39)19-25-7-6-8-26(18-25)21-38-22-29-20-31(33(40)37-15-16-41-4)23(2)17-28(29)10-9-24(38)3/h5,10-11,13,17,20,22,24-26H,1,6-9,12,14-16,18-19,21H2,2-4H3,(H,37,40). The van der Waals surface area contributed by atoms with Crippen molar-refractivity contribution in [2.45, 2.75) is 76.5 Å². The van der Waals surface area contributed by atoms with Crippen molar-refractivity contribution in [1.29, 1.82) is 0 Å². The van der Waals surface area contributed by atoms with Crippen molar-refractivity contribution in [3.63, 3.8) is 0 Å². The van der Waals surface area contributed by atoms with Crippen molar-refractivity contribution in [1.82, 2.24) is 10.2 Å². The van der Waals surface area contributed by atoms with Gasteiger partial charge in [-0.15, -0.1) is 0 Å². The normalized spacial score (nSPS) is 22.5. The van der Waals surface area contributed by atoms with Gasteiger partial charge in [0.1, 0.15) is 0 Å². The lowest BCUT2D eigenvalue weighted by Crippen LogP contribution is -2.36. The van der Waals surface area contributed by atoms with Crippen LogP contribution in [0, 0.1) is 18.8 Å². The van der Waals surface area contributed by atoms with E-state index in [9.17, 15) is 18.4 Å². The van der Waals surface area contributed by atoms with E-state index in [2.05, 4.69) is 42.1 Å². The van der Waals surface area contributed by atoms with Gasteiger partial charge in [-0.1, -0.05) is 49.1 Å². The Morgan fingerprint density at radius 2 is 1.98 bits per heavy atom. The molecule has 1 aromatic carbocycles. The van der Waals surface area contributed by atoms with E-state index in [1.165, 1.54) is 0 Å². The zero-order chi connectivity index (χ0) is 30.3. The van der Waals surface area contributed by atoms with Crippen molar-refractivity contribution in [3.8, 4) is 0 Å². The van der Waals surface area contributed by atoms with Crippen molar-refractivity contribution >= 4 is 35.7 Å². The van der Waals surface area contributed by atoms with Gasteiger partial charge in [0.15, 0.2) is 5.78 Å². The molecule has 3 aliphatic rings. The molecule has 3 unspecified atom stereocenters. The van der Waals surface area contributed by atoms with E-state index in [0.717, 1.165) is 60.2 Å². The molecule has 1 aliphatic heterocycles. The molecule has 228 valence electrons. The molecule has 0 saturated heterocycles. The summed E-state index contributed by atoms with van der Waals surface area (Å²) < 4.78 is 32.3. The van der Waals surface area contributed by atoms with Gasteiger partial charge in [-0.25, -0.2) is 0 Å². The molecule has 0 radical (unpaired) electrons. The van der Waals surface area contributed by atoms with Crippen molar-refractivity contribution in [2.24, 2.45) is 11.8 Å². The lowest BCUT2D eigenvalue weighted by Gasteiger charge is -2.35. The van der Waals surface area contributed by atoms with E-state index >= 15 is 0 Å². The number of carbonyl (C=O) groups is 2. The Morgan fingerprint density at radius 1 is 1.19 bits per heavy atom. The van der Waals surface area contributed by atoms with Crippen LogP contribution in [0.1, 0.15) is 74.2 Å². The first-order valence-electron chi connectivity index (χ1n) is 15.1. The van der Waals surface area contributed by atoms with Crippen LogP contribution in [0.15, 0.2) is 47.4 Å². The highest BCUT2D eigenvalue weighted by molar-refractivity contribution is 8.04. The van der Waals surface area contributed by atoms with Gasteiger partial charge in [0.05, 0.1) is 6.61 Å². The zero-order valence-electron chi connectivity index (χ0n) is 25.1. The number of nitrogens with one attached hydrogen (secondary N) is 1. The topological polar surface area (TPSA) is 58.6 Å². The predicted molar refractivity (Wildman–Crippen MR) is 168 cm³/mol. The molecule has 1 amide bonds. The minimum absolute atomic E-state index is 0.0855. The van der Waals surface area contributed by atoms with Crippen LogP contribution in [-0.2, 0) is 9.53 Å². The third-order valence-electron chi connectivity index (χ3n) is 8.62. The molecular formula is C34H44F2N2O3S. The minimum Gasteiger partial charge on any atom is -0.383 e.